The van der Waals surface area contributed by atoms with Gasteiger partial charge in [-0.2, -0.15) is 0 Å². The van der Waals surface area contributed by atoms with E-state index < -0.39 is 11.7 Å². The number of amides is 2. The Morgan fingerprint density at radius 3 is 2.39 bits per heavy atom. The van der Waals surface area contributed by atoms with Crippen molar-refractivity contribution >= 4 is 29.0 Å². The summed E-state index contributed by atoms with van der Waals surface area (Å²) in [6.45, 7) is 9.92. The van der Waals surface area contributed by atoms with Crippen LogP contribution in [0.3, 0.4) is 0 Å². The van der Waals surface area contributed by atoms with Crippen molar-refractivity contribution in [2.24, 2.45) is 0 Å². The molecule has 6 nitrogen and oxygen atoms in total. The number of nitrogens with one attached hydrogen (secondary N) is 2. The van der Waals surface area contributed by atoms with Crippen molar-refractivity contribution in [2.75, 3.05) is 31.5 Å². The third-order valence-corrected chi connectivity index (χ3v) is 5.42. The van der Waals surface area contributed by atoms with Gasteiger partial charge in [-0.15, -0.1) is 11.3 Å². The summed E-state index contributed by atoms with van der Waals surface area (Å²) in [4.78, 5) is 29.4. The maximum absolute atomic E-state index is 12.8. The monoisotopic (exact) mass is 402 g/mol. The molecule has 28 heavy (non-hydrogen) atoms. The van der Waals surface area contributed by atoms with Crippen LogP contribution in [0.25, 0.3) is 0 Å². The zero-order valence-electron chi connectivity index (χ0n) is 16.7. The van der Waals surface area contributed by atoms with Gasteiger partial charge in [-0.1, -0.05) is 6.07 Å². The van der Waals surface area contributed by atoms with Crippen LogP contribution in [0.1, 0.15) is 36.0 Å². The number of nitrogens with zero attached hydrogens (tertiary/aromatic N) is 1. The predicted molar refractivity (Wildman–Crippen MR) is 111 cm³/mol. The minimum atomic E-state index is -0.548. The molecule has 1 fully saturated rings. The number of benzene rings is 1. The number of anilines is 1. The molecule has 2 aromatic rings. The number of quaternary nitrogens is 1. The molecule has 1 saturated heterocycles. The highest BCUT2D eigenvalue weighted by molar-refractivity contribution is 7.09. The smallest absolute Gasteiger partial charge is 0.412 e. The van der Waals surface area contributed by atoms with Gasteiger partial charge in [0.25, 0.3) is 5.91 Å². The highest BCUT2D eigenvalue weighted by Crippen LogP contribution is 2.14. The van der Waals surface area contributed by atoms with Crippen LogP contribution in [0.5, 0.6) is 0 Å². The molecule has 3 rings (SSSR count). The van der Waals surface area contributed by atoms with Crippen LogP contribution in [0, 0.1) is 0 Å². The second kappa shape index (κ2) is 8.75. The van der Waals surface area contributed by atoms with Crippen LogP contribution >= 0.6 is 11.3 Å². The minimum absolute atomic E-state index is 0.0407. The van der Waals surface area contributed by atoms with E-state index in [2.05, 4.69) is 22.8 Å². The largest absolute Gasteiger partial charge is 0.444 e. The average Bonchev–Trinajstić information content (AvgIpc) is 3.14. The van der Waals surface area contributed by atoms with E-state index in [1.165, 1.54) is 9.78 Å². The molecule has 1 aliphatic rings. The first-order chi connectivity index (χ1) is 13.3. The number of thiophene rings is 1. The highest BCUT2D eigenvalue weighted by Gasteiger charge is 2.25. The Kier molecular flexibility index (Phi) is 6.36. The van der Waals surface area contributed by atoms with Crippen LogP contribution in [-0.4, -0.2) is 48.7 Å². The summed E-state index contributed by atoms with van der Waals surface area (Å²) in [6, 6.07) is 11.2. The Morgan fingerprint density at radius 1 is 1.14 bits per heavy atom. The van der Waals surface area contributed by atoms with Crippen molar-refractivity contribution in [3.8, 4) is 0 Å². The third-order valence-electron chi connectivity index (χ3n) is 4.54. The van der Waals surface area contributed by atoms with Gasteiger partial charge in [-0.25, -0.2) is 4.79 Å². The fraction of sp³-hybridized carbons (Fsp3) is 0.429. The van der Waals surface area contributed by atoms with E-state index in [9.17, 15) is 9.59 Å². The highest BCUT2D eigenvalue weighted by atomic mass is 32.1. The minimum Gasteiger partial charge on any atom is -0.444 e. The van der Waals surface area contributed by atoms with E-state index in [-0.39, 0.29) is 5.91 Å². The van der Waals surface area contributed by atoms with Crippen LogP contribution < -0.4 is 10.2 Å². The van der Waals surface area contributed by atoms with Gasteiger partial charge >= 0.3 is 6.09 Å². The maximum atomic E-state index is 12.8. The molecule has 1 aromatic heterocycles. The Hall–Kier alpha value is -2.38. The Balaban J connectivity index is 1.50. The SMILES string of the molecule is CC(C)(C)OC(=O)Nc1ccc(C(=O)N2CC[NH+](Cc3cccs3)CC2)cc1. The molecule has 0 spiro atoms. The van der Waals surface area contributed by atoms with Gasteiger partial charge in [0, 0.05) is 11.3 Å². The van der Waals surface area contributed by atoms with Gasteiger partial charge in [0.05, 0.1) is 31.1 Å². The van der Waals surface area contributed by atoms with Crippen molar-refractivity contribution in [1.82, 2.24) is 4.90 Å². The van der Waals surface area contributed by atoms with E-state index in [4.69, 9.17) is 4.74 Å². The van der Waals surface area contributed by atoms with Gasteiger partial charge in [0.15, 0.2) is 0 Å². The molecule has 0 unspecified atom stereocenters. The van der Waals surface area contributed by atoms with Crippen LogP contribution in [0.2, 0.25) is 0 Å². The second-order valence-electron chi connectivity index (χ2n) is 8.00. The van der Waals surface area contributed by atoms with Gasteiger partial charge < -0.3 is 14.5 Å². The summed E-state index contributed by atoms with van der Waals surface area (Å²) in [6.07, 6.45) is -0.503. The Morgan fingerprint density at radius 2 is 1.82 bits per heavy atom. The number of carbonyl (C=O) groups is 2. The lowest BCUT2D eigenvalue weighted by atomic mass is 10.1. The fourth-order valence-electron chi connectivity index (χ4n) is 3.16. The zero-order chi connectivity index (χ0) is 20.1. The van der Waals surface area contributed by atoms with Crippen molar-refractivity contribution in [3.63, 3.8) is 0 Å². The molecule has 0 atom stereocenters. The maximum Gasteiger partial charge on any atom is 0.412 e. The van der Waals surface area contributed by atoms with Crippen molar-refractivity contribution in [2.45, 2.75) is 32.9 Å². The molecular weight excluding hydrogens is 374 g/mol. The molecule has 0 bridgehead atoms. The fourth-order valence-corrected chi connectivity index (χ4v) is 3.94. The molecule has 0 radical (unpaired) electrons. The number of hydrogen-bond donors (Lipinski definition) is 2. The lowest BCUT2D eigenvalue weighted by Crippen LogP contribution is -3.13. The lowest BCUT2D eigenvalue weighted by molar-refractivity contribution is -0.917. The third kappa shape index (κ3) is 5.81. The van der Waals surface area contributed by atoms with Crippen molar-refractivity contribution < 1.29 is 19.2 Å². The Labute approximate surface area is 170 Å². The van der Waals surface area contributed by atoms with E-state index in [1.54, 1.807) is 35.6 Å². The van der Waals surface area contributed by atoms with Gasteiger partial charge in [-0.3, -0.25) is 10.1 Å². The number of hydrogen-bond acceptors (Lipinski definition) is 4. The molecule has 7 heteroatoms. The van der Waals surface area contributed by atoms with Gasteiger partial charge in [0.2, 0.25) is 0 Å². The van der Waals surface area contributed by atoms with Crippen LogP contribution in [0.4, 0.5) is 10.5 Å². The summed E-state index contributed by atoms with van der Waals surface area (Å²) in [7, 11) is 0. The summed E-state index contributed by atoms with van der Waals surface area (Å²) < 4.78 is 5.24. The predicted octanol–water partition coefficient (Wildman–Crippen LogP) is 2.64. The first-order valence-corrected chi connectivity index (χ1v) is 10.4. The summed E-state index contributed by atoms with van der Waals surface area (Å²) in [5.74, 6) is 0.0407. The first-order valence-electron chi connectivity index (χ1n) is 9.55. The van der Waals surface area contributed by atoms with E-state index >= 15 is 0 Å². The number of ether oxygens (including phenoxy) is 1. The molecular formula is C21H28N3O3S+. The molecule has 1 aromatic carbocycles. The van der Waals surface area contributed by atoms with Crippen molar-refractivity contribution in [3.05, 3.63) is 52.2 Å². The lowest BCUT2D eigenvalue weighted by Gasteiger charge is -2.32. The quantitative estimate of drug-likeness (QED) is 0.826. The van der Waals surface area contributed by atoms with Crippen LogP contribution in [0.15, 0.2) is 41.8 Å². The van der Waals surface area contributed by atoms with E-state index in [0.29, 0.717) is 11.3 Å². The normalized spacial score (nSPS) is 15.3. The molecule has 0 aliphatic carbocycles. The van der Waals surface area contributed by atoms with Crippen molar-refractivity contribution in [1.29, 1.82) is 0 Å². The number of piperazine rings is 1. The topological polar surface area (TPSA) is 63.1 Å². The zero-order valence-corrected chi connectivity index (χ0v) is 17.5. The number of carbonyl (C=O) groups excluding carboxylic acids is 2. The Bertz CT molecular complexity index is 789. The van der Waals surface area contributed by atoms with E-state index in [1.807, 2.05) is 25.7 Å². The summed E-state index contributed by atoms with van der Waals surface area (Å²) in [5.41, 5.74) is 0.695. The second-order valence-corrected chi connectivity index (χ2v) is 9.03. The van der Waals surface area contributed by atoms with Gasteiger partial charge in [0.1, 0.15) is 12.1 Å². The van der Waals surface area contributed by atoms with Crippen LogP contribution in [-0.2, 0) is 11.3 Å². The van der Waals surface area contributed by atoms with E-state index in [0.717, 1.165) is 32.7 Å². The molecule has 1 aliphatic heterocycles. The molecule has 2 heterocycles. The molecule has 150 valence electrons. The average molecular weight is 403 g/mol. The molecule has 0 saturated carbocycles. The first kappa shape index (κ1) is 20.4. The number of rotatable bonds is 4. The standard InChI is InChI=1S/C21H27N3O3S/c1-21(2,3)27-20(26)22-17-8-6-16(7-9-17)19(25)24-12-10-23(11-13-24)15-18-5-4-14-28-18/h4-9,14H,10-13,15H2,1-3H3,(H,22,26)/p+1. The summed E-state index contributed by atoms with van der Waals surface area (Å²) >= 11 is 1.79. The molecule has 2 amide bonds. The summed E-state index contributed by atoms with van der Waals surface area (Å²) in [5, 5.41) is 4.79. The van der Waals surface area contributed by atoms with Gasteiger partial charge in [-0.05, 0) is 56.5 Å². The molecule has 2 N–H and O–H groups in total.